The molecule has 0 atom stereocenters. The van der Waals surface area contributed by atoms with Crippen LogP contribution >= 0.6 is 0 Å². The molecular formula is C15H27N3O2. The molecule has 1 heterocycles. The number of ether oxygens (including phenoxy) is 1. The molecule has 114 valence electrons. The highest BCUT2D eigenvalue weighted by Gasteiger charge is 2.17. The summed E-state index contributed by atoms with van der Waals surface area (Å²) in [6, 6.07) is 1.84. The highest BCUT2D eigenvalue weighted by atomic mass is 16.5. The number of aryl methyl sites for hydroxylation is 1. The minimum atomic E-state index is 0.0922. The Morgan fingerprint density at radius 1 is 1.35 bits per heavy atom. The molecule has 2 N–H and O–H groups in total. The molecule has 5 heteroatoms. The van der Waals surface area contributed by atoms with Gasteiger partial charge >= 0.3 is 0 Å². The first kappa shape index (κ1) is 16.7. The Hall–Kier alpha value is -1.36. The van der Waals surface area contributed by atoms with E-state index in [1.54, 1.807) is 0 Å². The van der Waals surface area contributed by atoms with Crippen LogP contribution in [0.15, 0.2) is 6.07 Å². The molecule has 1 aromatic heterocycles. The minimum absolute atomic E-state index is 0.0922. The third kappa shape index (κ3) is 6.19. The van der Waals surface area contributed by atoms with Crippen LogP contribution in [0.3, 0.4) is 0 Å². The summed E-state index contributed by atoms with van der Waals surface area (Å²) in [6.45, 7) is 11.2. The zero-order valence-corrected chi connectivity index (χ0v) is 13.2. The van der Waals surface area contributed by atoms with Crippen molar-refractivity contribution in [1.82, 2.24) is 9.97 Å². The Kier molecular flexibility index (Phi) is 6.20. The van der Waals surface area contributed by atoms with Gasteiger partial charge in [-0.2, -0.15) is 4.98 Å². The molecule has 0 aliphatic carbocycles. The van der Waals surface area contributed by atoms with E-state index in [1.807, 2.05) is 26.8 Å². The SMILES string of the molecule is Cc1cc(OC(C)C)nc(NCC(C)(C)CCCO)n1. The van der Waals surface area contributed by atoms with Crippen LogP contribution in [0.5, 0.6) is 5.88 Å². The van der Waals surface area contributed by atoms with Crippen molar-refractivity contribution in [1.29, 1.82) is 0 Å². The number of rotatable bonds is 8. The lowest BCUT2D eigenvalue weighted by Crippen LogP contribution is -2.24. The van der Waals surface area contributed by atoms with E-state index in [9.17, 15) is 0 Å². The average Bonchev–Trinajstić information content (AvgIpc) is 2.33. The van der Waals surface area contributed by atoms with Crippen LogP contribution in [0.4, 0.5) is 5.95 Å². The molecular weight excluding hydrogens is 254 g/mol. The molecule has 0 saturated heterocycles. The quantitative estimate of drug-likeness (QED) is 0.767. The van der Waals surface area contributed by atoms with E-state index in [0.29, 0.717) is 11.8 Å². The monoisotopic (exact) mass is 281 g/mol. The van der Waals surface area contributed by atoms with Crippen molar-refractivity contribution in [3.05, 3.63) is 11.8 Å². The number of aliphatic hydroxyl groups excluding tert-OH is 1. The van der Waals surface area contributed by atoms with Gasteiger partial charge < -0.3 is 15.2 Å². The van der Waals surface area contributed by atoms with Crippen molar-refractivity contribution in [2.45, 2.75) is 53.6 Å². The maximum Gasteiger partial charge on any atom is 0.226 e. The maximum atomic E-state index is 8.91. The zero-order chi connectivity index (χ0) is 15.2. The fraction of sp³-hybridized carbons (Fsp3) is 0.733. The number of hydrogen-bond donors (Lipinski definition) is 2. The first-order valence-electron chi connectivity index (χ1n) is 7.19. The summed E-state index contributed by atoms with van der Waals surface area (Å²) < 4.78 is 5.61. The predicted octanol–water partition coefficient (Wildman–Crippen LogP) is 2.78. The van der Waals surface area contributed by atoms with Crippen molar-refractivity contribution in [2.75, 3.05) is 18.5 Å². The van der Waals surface area contributed by atoms with Gasteiger partial charge in [-0.25, -0.2) is 4.98 Å². The second-order valence-electron chi connectivity index (χ2n) is 6.18. The molecule has 0 amide bonds. The van der Waals surface area contributed by atoms with Gasteiger partial charge in [-0.3, -0.25) is 0 Å². The third-order valence-corrected chi connectivity index (χ3v) is 2.92. The van der Waals surface area contributed by atoms with E-state index < -0.39 is 0 Å². The fourth-order valence-electron chi connectivity index (χ4n) is 1.88. The second kappa shape index (κ2) is 7.43. The molecule has 0 aromatic carbocycles. The van der Waals surface area contributed by atoms with Gasteiger partial charge in [0.1, 0.15) is 0 Å². The highest BCUT2D eigenvalue weighted by Crippen LogP contribution is 2.22. The van der Waals surface area contributed by atoms with Crippen LogP contribution in [0.1, 0.15) is 46.2 Å². The van der Waals surface area contributed by atoms with Crippen LogP contribution in [0, 0.1) is 12.3 Å². The molecule has 1 rings (SSSR count). The summed E-state index contributed by atoms with van der Waals surface area (Å²) in [4.78, 5) is 8.74. The smallest absolute Gasteiger partial charge is 0.226 e. The van der Waals surface area contributed by atoms with Gasteiger partial charge in [0, 0.05) is 24.9 Å². The van der Waals surface area contributed by atoms with Crippen molar-refractivity contribution < 1.29 is 9.84 Å². The molecule has 0 bridgehead atoms. The molecule has 5 nitrogen and oxygen atoms in total. The zero-order valence-electron chi connectivity index (χ0n) is 13.2. The molecule has 0 radical (unpaired) electrons. The first-order valence-corrected chi connectivity index (χ1v) is 7.19. The van der Waals surface area contributed by atoms with Gasteiger partial charge in [0.25, 0.3) is 0 Å². The topological polar surface area (TPSA) is 67.3 Å². The molecule has 0 aliphatic heterocycles. The summed E-state index contributed by atoms with van der Waals surface area (Å²) in [5.41, 5.74) is 0.973. The Morgan fingerprint density at radius 2 is 2.05 bits per heavy atom. The highest BCUT2D eigenvalue weighted by molar-refractivity contribution is 5.30. The van der Waals surface area contributed by atoms with Gasteiger partial charge in [0.05, 0.1) is 6.10 Å². The number of nitrogens with zero attached hydrogens (tertiary/aromatic N) is 2. The molecule has 0 aliphatic rings. The number of aliphatic hydroxyl groups is 1. The normalized spacial score (nSPS) is 11.8. The van der Waals surface area contributed by atoms with Gasteiger partial charge in [-0.15, -0.1) is 0 Å². The molecule has 0 fully saturated rings. The molecule has 0 saturated carbocycles. The predicted molar refractivity (Wildman–Crippen MR) is 81.1 cm³/mol. The Morgan fingerprint density at radius 3 is 2.65 bits per heavy atom. The first-order chi connectivity index (χ1) is 9.32. The Labute approximate surface area is 121 Å². The number of aromatic nitrogens is 2. The Bertz CT molecular complexity index is 420. The molecule has 20 heavy (non-hydrogen) atoms. The van der Waals surface area contributed by atoms with E-state index >= 15 is 0 Å². The molecule has 1 aromatic rings. The van der Waals surface area contributed by atoms with Gasteiger partial charge in [0.15, 0.2) is 0 Å². The van der Waals surface area contributed by atoms with Crippen LogP contribution in [0.25, 0.3) is 0 Å². The van der Waals surface area contributed by atoms with Gasteiger partial charge in [-0.05, 0) is 39.0 Å². The van der Waals surface area contributed by atoms with Crippen molar-refractivity contribution in [3.63, 3.8) is 0 Å². The summed E-state index contributed by atoms with van der Waals surface area (Å²) in [5, 5.41) is 12.2. The van der Waals surface area contributed by atoms with E-state index in [0.717, 1.165) is 25.1 Å². The van der Waals surface area contributed by atoms with Crippen LogP contribution < -0.4 is 10.1 Å². The van der Waals surface area contributed by atoms with Crippen molar-refractivity contribution in [2.24, 2.45) is 5.41 Å². The van der Waals surface area contributed by atoms with Crippen molar-refractivity contribution >= 4 is 5.95 Å². The number of anilines is 1. The Balaban J connectivity index is 2.65. The summed E-state index contributed by atoms with van der Waals surface area (Å²) >= 11 is 0. The van der Waals surface area contributed by atoms with Gasteiger partial charge in [0.2, 0.25) is 11.8 Å². The lowest BCUT2D eigenvalue weighted by atomic mass is 9.88. The molecule has 0 unspecified atom stereocenters. The van der Waals surface area contributed by atoms with Crippen molar-refractivity contribution in [3.8, 4) is 5.88 Å². The number of nitrogens with one attached hydrogen (secondary N) is 1. The van der Waals surface area contributed by atoms with Crippen LogP contribution in [0.2, 0.25) is 0 Å². The van der Waals surface area contributed by atoms with Crippen LogP contribution in [-0.2, 0) is 0 Å². The standard InChI is InChI=1S/C15H27N3O2/c1-11(2)20-13-9-12(3)17-14(18-13)16-10-15(4,5)7-6-8-19/h9,11,19H,6-8,10H2,1-5H3,(H,16,17,18). The summed E-state index contributed by atoms with van der Waals surface area (Å²) in [7, 11) is 0. The third-order valence-electron chi connectivity index (χ3n) is 2.92. The van der Waals surface area contributed by atoms with Gasteiger partial charge in [-0.1, -0.05) is 13.8 Å². The fourth-order valence-corrected chi connectivity index (χ4v) is 1.88. The summed E-state index contributed by atoms with van der Waals surface area (Å²) in [6.07, 6.45) is 1.86. The maximum absolute atomic E-state index is 8.91. The lowest BCUT2D eigenvalue weighted by Gasteiger charge is -2.24. The van der Waals surface area contributed by atoms with E-state index in [1.165, 1.54) is 0 Å². The molecule has 0 spiro atoms. The summed E-state index contributed by atoms with van der Waals surface area (Å²) in [5.74, 6) is 1.20. The van der Waals surface area contributed by atoms with Crippen LogP contribution in [-0.4, -0.2) is 34.3 Å². The minimum Gasteiger partial charge on any atom is -0.475 e. The van der Waals surface area contributed by atoms with E-state index in [4.69, 9.17) is 9.84 Å². The number of hydrogen-bond acceptors (Lipinski definition) is 5. The van der Waals surface area contributed by atoms with E-state index in [2.05, 4.69) is 29.1 Å². The lowest BCUT2D eigenvalue weighted by molar-refractivity contribution is 0.232. The largest absolute Gasteiger partial charge is 0.475 e. The second-order valence-corrected chi connectivity index (χ2v) is 6.18. The van der Waals surface area contributed by atoms with E-state index in [-0.39, 0.29) is 18.1 Å². The average molecular weight is 281 g/mol.